The van der Waals surface area contributed by atoms with E-state index < -0.39 is 12.0 Å². The molecular formula is C14H24N2O4. The van der Waals surface area contributed by atoms with Gasteiger partial charge in [-0.15, -0.1) is 0 Å². The predicted molar refractivity (Wildman–Crippen MR) is 73.3 cm³/mol. The number of urea groups is 1. The number of carboxylic acids is 1. The van der Waals surface area contributed by atoms with Crippen LogP contribution in [0.25, 0.3) is 0 Å². The van der Waals surface area contributed by atoms with Crippen molar-refractivity contribution in [2.24, 2.45) is 11.8 Å². The first kappa shape index (κ1) is 15.1. The van der Waals surface area contributed by atoms with Gasteiger partial charge in [-0.1, -0.05) is 13.3 Å². The number of carboxylic acid groups (broad SMARTS) is 1. The zero-order valence-electron chi connectivity index (χ0n) is 12.0. The van der Waals surface area contributed by atoms with Crippen LogP contribution in [0.3, 0.4) is 0 Å². The number of aliphatic hydroxyl groups is 1. The minimum atomic E-state index is -0.895. The average molecular weight is 284 g/mol. The van der Waals surface area contributed by atoms with Gasteiger partial charge in [-0.05, 0) is 31.1 Å². The summed E-state index contributed by atoms with van der Waals surface area (Å²) >= 11 is 0. The third kappa shape index (κ3) is 2.75. The number of rotatable bonds is 5. The van der Waals surface area contributed by atoms with Gasteiger partial charge in [0.25, 0.3) is 0 Å². The lowest BCUT2D eigenvalue weighted by Gasteiger charge is -2.31. The first-order chi connectivity index (χ1) is 9.60. The summed E-state index contributed by atoms with van der Waals surface area (Å²) in [5, 5.41) is 18.5. The third-order valence-corrected chi connectivity index (χ3v) is 4.52. The summed E-state index contributed by atoms with van der Waals surface area (Å²) in [6.07, 6.45) is 3.78. The van der Waals surface area contributed by atoms with Gasteiger partial charge in [-0.25, -0.2) is 9.59 Å². The van der Waals surface area contributed by atoms with E-state index in [-0.39, 0.29) is 25.1 Å². The SMILES string of the molecule is CCCN(CCO)C(=O)N1CC2CCCC2C1C(=O)O. The van der Waals surface area contributed by atoms with Gasteiger partial charge in [-0.2, -0.15) is 0 Å². The van der Waals surface area contributed by atoms with E-state index in [4.69, 9.17) is 5.11 Å². The van der Waals surface area contributed by atoms with E-state index in [2.05, 4.69) is 0 Å². The van der Waals surface area contributed by atoms with Gasteiger partial charge in [0.15, 0.2) is 0 Å². The van der Waals surface area contributed by atoms with E-state index in [9.17, 15) is 14.7 Å². The van der Waals surface area contributed by atoms with Crippen molar-refractivity contribution in [1.82, 2.24) is 9.80 Å². The molecule has 2 aliphatic rings. The Kier molecular flexibility index (Phi) is 4.86. The smallest absolute Gasteiger partial charge is 0.326 e. The number of carbonyl (C=O) groups excluding carboxylic acids is 1. The molecule has 3 atom stereocenters. The van der Waals surface area contributed by atoms with E-state index in [1.165, 1.54) is 4.90 Å². The second kappa shape index (κ2) is 6.43. The van der Waals surface area contributed by atoms with Crippen LogP contribution >= 0.6 is 0 Å². The van der Waals surface area contributed by atoms with Crippen LogP contribution in [0.1, 0.15) is 32.6 Å². The zero-order chi connectivity index (χ0) is 14.7. The van der Waals surface area contributed by atoms with Crippen molar-refractivity contribution in [2.75, 3.05) is 26.2 Å². The zero-order valence-corrected chi connectivity index (χ0v) is 12.0. The summed E-state index contributed by atoms with van der Waals surface area (Å²) in [6, 6.07) is -0.921. The maximum absolute atomic E-state index is 12.5. The van der Waals surface area contributed by atoms with Crippen LogP contribution in [0.2, 0.25) is 0 Å². The van der Waals surface area contributed by atoms with Crippen molar-refractivity contribution in [3.05, 3.63) is 0 Å². The monoisotopic (exact) mass is 284 g/mol. The number of amides is 2. The highest BCUT2D eigenvalue weighted by Crippen LogP contribution is 2.42. The summed E-state index contributed by atoms with van der Waals surface area (Å²) < 4.78 is 0. The molecule has 1 aliphatic heterocycles. The summed E-state index contributed by atoms with van der Waals surface area (Å²) in [5.74, 6) is -0.458. The second-order valence-electron chi connectivity index (χ2n) is 5.78. The summed E-state index contributed by atoms with van der Waals surface area (Å²) in [7, 11) is 0. The molecule has 0 aromatic carbocycles. The highest BCUT2D eigenvalue weighted by molar-refractivity contribution is 5.84. The van der Waals surface area contributed by atoms with Crippen LogP contribution in [0.5, 0.6) is 0 Å². The topological polar surface area (TPSA) is 81.1 Å². The largest absolute Gasteiger partial charge is 0.480 e. The molecule has 0 aromatic rings. The van der Waals surface area contributed by atoms with Gasteiger partial charge >= 0.3 is 12.0 Å². The van der Waals surface area contributed by atoms with Gasteiger partial charge in [0.05, 0.1) is 6.61 Å². The van der Waals surface area contributed by atoms with Crippen LogP contribution in [0.15, 0.2) is 0 Å². The minimum Gasteiger partial charge on any atom is -0.480 e. The van der Waals surface area contributed by atoms with Gasteiger partial charge < -0.3 is 20.0 Å². The lowest BCUT2D eigenvalue weighted by atomic mass is 9.94. The molecule has 1 heterocycles. The Hall–Kier alpha value is -1.30. The molecule has 1 aliphatic carbocycles. The van der Waals surface area contributed by atoms with Crippen LogP contribution in [0, 0.1) is 11.8 Å². The van der Waals surface area contributed by atoms with E-state index >= 15 is 0 Å². The molecule has 1 saturated heterocycles. The predicted octanol–water partition coefficient (Wildman–Crippen LogP) is 0.996. The summed E-state index contributed by atoms with van der Waals surface area (Å²) in [6.45, 7) is 3.24. The molecule has 20 heavy (non-hydrogen) atoms. The quantitative estimate of drug-likeness (QED) is 0.789. The molecule has 2 N–H and O–H groups in total. The van der Waals surface area contributed by atoms with Crippen molar-refractivity contribution >= 4 is 12.0 Å². The number of hydrogen-bond acceptors (Lipinski definition) is 3. The molecule has 0 aromatic heterocycles. The molecule has 2 amide bonds. The third-order valence-electron chi connectivity index (χ3n) is 4.52. The molecule has 0 radical (unpaired) electrons. The lowest BCUT2D eigenvalue weighted by molar-refractivity contribution is -0.142. The maximum Gasteiger partial charge on any atom is 0.326 e. The molecule has 6 heteroatoms. The lowest BCUT2D eigenvalue weighted by Crippen LogP contribution is -2.50. The Balaban J connectivity index is 2.13. The Labute approximate surface area is 119 Å². The van der Waals surface area contributed by atoms with E-state index in [1.54, 1.807) is 4.90 Å². The van der Waals surface area contributed by atoms with Gasteiger partial charge in [0, 0.05) is 19.6 Å². The normalized spacial score (nSPS) is 28.5. The van der Waals surface area contributed by atoms with E-state index in [0.717, 1.165) is 25.7 Å². The molecule has 1 saturated carbocycles. The fraction of sp³-hybridized carbons (Fsp3) is 0.857. The first-order valence-corrected chi connectivity index (χ1v) is 7.49. The van der Waals surface area contributed by atoms with Crippen LogP contribution < -0.4 is 0 Å². The second-order valence-corrected chi connectivity index (χ2v) is 5.78. The van der Waals surface area contributed by atoms with Crippen LogP contribution in [0.4, 0.5) is 4.79 Å². The summed E-state index contributed by atoms with van der Waals surface area (Å²) in [5.41, 5.74) is 0. The minimum absolute atomic E-state index is 0.0931. The van der Waals surface area contributed by atoms with Crippen LogP contribution in [-0.2, 0) is 4.79 Å². The number of fused-ring (bicyclic) bond motifs is 1. The standard InChI is InChI=1S/C14H24N2O4/c1-2-6-15(7-8-17)14(20)16-9-10-4-3-5-11(10)12(16)13(18)19/h10-12,17H,2-9H2,1H3,(H,18,19). The number of aliphatic hydroxyl groups excluding tert-OH is 1. The van der Waals surface area contributed by atoms with Crippen molar-refractivity contribution in [3.8, 4) is 0 Å². The molecule has 3 unspecified atom stereocenters. The molecule has 6 nitrogen and oxygen atoms in total. The number of hydrogen-bond donors (Lipinski definition) is 2. The number of aliphatic carboxylic acids is 1. The Bertz CT molecular complexity index is 368. The number of nitrogens with zero attached hydrogens (tertiary/aromatic N) is 2. The fourth-order valence-electron chi connectivity index (χ4n) is 3.69. The average Bonchev–Trinajstić information content (AvgIpc) is 2.96. The highest BCUT2D eigenvalue weighted by atomic mass is 16.4. The van der Waals surface area contributed by atoms with Gasteiger partial charge in [0.2, 0.25) is 0 Å². The molecule has 114 valence electrons. The van der Waals surface area contributed by atoms with Crippen molar-refractivity contribution in [1.29, 1.82) is 0 Å². The fourth-order valence-corrected chi connectivity index (χ4v) is 3.69. The molecule has 2 rings (SSSR count). The Morgan fingerprint density at radius 3 is 2.65 bits per heavy atom. The highest BCUT2D eigenvalue weighted by Gasteiger charge is 2.50. The van der Waals surface area contributed by atoms with Gasteiger partial charge in [-0.3, -0.25) is 0 Å². The van der Waals surface area contributed by atoms with E-state index in [1.807, 2.05) is 6.92 Å². The van der Waals surface area contributed by atoms with E-state index in [0.29, 0.717) is 19.0 Å². The first-order valence-electron chi connectivity index (χ1n) is 7.49. The van der Waals surface area contributed by atoms with Gasteiger partial charge in [0.1, 0.15) is 6.04 Å². The van der Waals surface area contributed by atoms with Crippen molar-refractivity contribution < 1.29 is 19.8 Å². The molecular weight excluding hydrogens is 260 g/mol. The van der Waals surface area contributed by atoms with Crippen LogP contribution in [-0.4, -0.2) is 64.3 Å². The van der Waals surface area contributed by atoms with Crippen molar-refractivity contribution in [3.63, 3.8) is 0 Å². The Morgan fingerprint density at radius 1 is 1.30 bits per heavy atom. The Morgan fingerprint density at radius 2 is 2.05 bits per heavy atom. The molecule has 2 fully saturated rings. The molecule has 0 spiro atoms. The van der Waals surface area contributed by atoms with Crippen molar-refractivity contribution in [2.45, 2.75) is 38.6 Å². The maximum atomic E-state index is 12.5. The number of carbonyl (C=O) groups is 2. The number of likely N-dealkylation sites (tertiary alicyclic amines) is 1. The molecule has 0 bridgehead atoms. The summed E-state index contributed by atoms with van der Waals surface area (Å²) in [4.78, 5) is 27.2.